The van der Waals surface area contributed by atoms with E-state index in [4.69, 9.17) is 0 Å². The van der Waals surface area contributed by atoms with E-state index in [1.807, 2.05) is 0 Å². The second-order valence-corrected chi connectivity index (χ2v) is 8.40. The van der Waals surface area contributed by atoms with Crippen molar-refractivity contribution in [2.24, 2.45) is 0 Å². The largest absolute Gasteiger partial charge is 0.351 e. The zero-order valence-electron chi connectivity index (χ0n) is 14.1. The highest BCUT2D eigenvalue weighted by Gasteiger charge is 2.16. The summed E-state index contributed by atoms with van der Waals surface area (Å²) >= 11 is 2.97. The van der Waals surface area contributed by atoms with Crippen molar-refractivity contribution in [3.63, 3.8) is 0 Å². The predicted octanol–water partition coefficient (Wildman–Crippen LogP) is 4.26. The SMILES string of the molecule is O=C(NCCc1nc2c(s1)CCCC2)c1cnc(-c2ccccc2F)s1. The van der Waals surface area contributed by atoms with Crippen molar-refractivity contribution in [1.82, 2.24) is 15.3 Å². The fraction of sp³-hybridized carbons (Fsp3) is 0.316. The van der Waals surface area contributed by atoms with Crippen LogP contribution >= 0.6 is 22.7 Å². The lowest BCUT2D eigenvalue weighted by molar-refractivity contribution is 0.0958. The van der Waals surface area contributed by atoms with Gasteiger partial charge in [-0.15, -0.1) is 22.7 Å². The number of nitrogens with zero attached hydrogens (tertiary/aromatic N) is 2. The van der Waals surface area contributed by atoms with Gasteiger partial charge in [0.15, 0.2) is 0 Å². The Kier molecular flexibility index (Phi) is 5.08. The van der Waals surface area contributed by atoms with Gasteiger partial charge in [0, 0.05) is 23.4 Å². The van der Waals surface area contributed by atoms with Gasteiger partial charge < -0.3 is 5.32 Å². The lowest BCUT2D eigenvalue weighted by Gasteiger charge is -2.06. The molecule has 1 N–H and O–H groups in total. The number of nitrogens with one attached hydrogen (secondary N) is 1. The zero-order valence-corrected chi connectivity index (χ0v) is 15.8. The highest BCUT2D eigenvalue weighted by Crippen LogP contribution is 2.28. The average Bonchev–Trinajstić information content (AvgIpc) is 3.28. The van der Waals surface area contributed by atoms with Crippen LogP contribution in [0.25, 0.3) is 10.6 Å². The summed E-state index contributed by atoms with van der Waals surface area (Å²) in [6.07, 6.45) is 6.94. The number of amides is 1. The number of halogens is 1. The number of benzene rings is 1. The molecule has 7 heteroatoms. The minimum atomic E-state index is -0.332. The van der Waals surface area contributed by atoms with E-state index in [9.17, 15) is 9.18 Å². The van der Waals surface area contributed by atoms with Gasteiger partial charge in [0.2, 0.25) is 0 Å². The van der Waals surface area contributed by atoms with Crippen LogP contribution in [0.4, 0.5) is 4.39 Å². The van der Waals surface area contributed by atoms with Crippen LogP contribution in [0.2, 0.25) is 0 Å². The van der Waals surface area contributed by atoms with Gasteiger partial charge in [-0.1, -0.05) is 12.1 Å². The average molecular weight is 388 g/mol. The van der Waals surface area contributed by atoms with E-state index in [2.05, 4.69) is 15.3 Å². The van der Waals surface area contributed by atoms with E-state index >= 15 is 0 Å². The Labute approximate surface area is 159 Å². The van der Waals surface area contributed by atoms with Gasteiger partial charge in [0.1, 0.15) is 15.7 Å². The number of carbonyl (C=O) groups is 1. The summed E-state index contributed by atoms with van der Waals surface area (Å²) in [5, 5.41) is 4.52. The van der Waals surface area contributed by atoms with Crippen LogP contribution in [0.5, 0.6) is 0 Å². The fourth-order valence-electron chi connectivity index (χ4n) is 3.02. The van der Waals surface area contributed by atoms with Gasteiger partial charge in [0.25, 0.3) is 5.91 Å². The topological polar surface area (TPSA) is 54.9 Å². The number of rotatable bonds is 5. The Morgan fingerprint density at radius 1 is 1.19 bits per heavy atom. The summed E-state index contributed by atoms with van der Waals surface area (Å²) in [7, 11) is 0. The van der Waals surface area contributed by atoms with E-state index in [-0.39, 0.29) is 11.7 Å². The molecule has 0 spiro atoms. The molecule has 0 radical (unpaired) electrons. The number of hydrogen-bond donors (Lipinski definition) is 1. The third-order valence-electron chi connectivity index (χ3n) is 4.35. The van der Waals surface area contributed by atoms with Crippen LogP contribution < -0.4 is 5.32 Å². The molecule has 0 aliphatic heterocycles. The molecule has 1 aliphatic rings. The van der Waals surface area contributed by atoms with Gasteiger partial charge in [-0.3, -0.25) is 4.79 Å². The van der Waals surface area contributed by atoms with Crippen LogP contribution in [0.3, 0.4) is 0 Å². The number of fused-ring (bicyclic) bond motifs is 1. The lowest BCUT2D eigenvalue weighted by Crippen LogP contribution is -2.24. The number of thiazole rings is 2. The summed E-state index contributed by atoms with van der Waals surface area (Å²) in [5.74, 6) is -0.507. The Bertz CT molecular complexity index is 911. The molecule has 0 bridgehead atoms. The summed E-state index contributed by atoms with van der Waals surface area (Å²) in [6, 6.07) is 6.45. The first-order valence-electron chi connectivity index (χ1n) is 8.67. The van der Waals surface area contributed by atoms with Gasteiger partial charge in [0.05, 0.1) is 16.9 Å². The second-order valence-electron chi connectivity index (χ2n) is 6.20. The molecular formula is C19H18FN3OS2. The molecule has 0 atom stereocenters. The van der Waals surface area contributed by atoms with Crippen molar-refractivity contribution >= 4 is 28.6 Å². The van der Waals surface area contributed by atoms with Crippen LogP contribution in [0.15, 0.2) is 30.5 Å². The molecule has 0 unspecified atom stereocenters. The smallest absolute Gasteiger partial charge is 0.263 e. The Morgan fingerprint density at radius 3 is 2.88 bits per heavy atom. The fourth-order valence-corrected chi connectivity index (χ4v) is 5.04. The van der Waals surface area contributed by atoms with Gasteiger partial charge in [-0.05, 0) is 37.8 Å². The summed E-state index contributed by atoms with van der Waals surface area (Å²) in [6.45, 7) is 0.540. The molecular weight excluding hydrogens is 369 g/mol. The summed E-state index contributed by atoms with van der Waals surface area (Å²) < 4.78 is 13.8. The number of aryl methyl sites for hydroxylation is 2. The first-order valence-corrected chi connectivity index (χ1v) is 10.3. The molecule has 1 aliphatic carbocycles. The minimum Gasteiger partial charge on any atom is -0.351 e. The van der Waals surface area contributed by atoms with Crippen molar-refractivity contribution in [2.45, 2.75) is 32.1 Å². The van der Waals surface area contributed by atoms with Gasteiger partial charge in [-0.2, -0.15) is 0 Å². The Balaban J connectivity index is 1.35. The second kappa shape index (κ2) is 7.63. The first-order chi connectivity index (χ1) is 12.7. The van der Waals surface area contributed by atoms with Crippen LogP contribution in [-0.4, -0.2) is 22.4 Å². The molecule has 134 valence electrons. The maximum atomic E-state index is 13.8. The van der Waals surface area contributed by atoms with Gasteiger partial charge >= 0.3 is 0 Å². The molecule has 26 heavy (non-hydrogen) atoms. The van der Waals surface area contributed by atoms with E-state index in [1.54, 1.807) is 29.5 Å². The van der Waals surface area contributed by atoms with Crippen LogP contribution in [0.1, 0.15) is 38.1 Å². The van der Waals surface area contributed by atoms with E-state index in [1.165, 1.54) is 47.0 Å². The Hall–Kier alpha value is -2.12. The van der Waals surface area contributed by atoms with Crippen LogP contribution in [0, 0.1) is 5.82 Å². The summed E-state index contributed by atoms with van der Waals surface area (Å²) in [4.78, 5) is 23.1. The van der Waals surface area contributed by atoms with Crippen molar-refractivity contribution in [3.8, 4) is 10.6 Å². The van der Waals surface area contributed by atoms with E-state index < -0.39 is 0 Å². The van der Waals surface area contributed by atoms with Crippen molar-refractivity contribution in [1.29, 1.82) is 0 Å². The third-order valence-corrected chi connectivity index (χ3v) is 6.59. The maximum absolute atomic E-state index is 13.8. The zero-order chi connectivity index (χ0) is 17.9. The molecule has 1 amide bonds. The van der Waals surface area contributed by atoms with Crippen LogP contribution in [-0.2, 0) is 19.3 Å². The highest BCUT2D eigenvalue weighted by molar-refractivity contribution is 7.16. The molecule has 0 saturated heterocycles. The molecule has 3 aromatic rings. The minimum absolute atomic E-state index is 0.175. The first kappa shape index (κ1) is 17.3. The summed E-state index contributed by atoms with van der Waals surface area (Å²) in [5.41, 5.74) is 1.67. The normalized spacial score (nSPS) is 13.4. The standard InChI is InChI=1S/C19H18FN3OS2/c20-13-6-2-1-5-12(13)19-22-11-16(26-19)18(24)21-10-9-17-23-14-7-3-4-8-15(14)25-17/h1-2,5-6,11H,3-4,7-10H2,(H,21,24). The monoisotopic (exact) mass is 387 g/mol. The predicted molar refractivity (Wildman–Crippen MR) is 102 cm³/mol. The quantitative estimate of drug-likeness (QED) is 0.712. The molecule has 1 aromatic carbocycles. The Morgan fingerprint density at radius 2 is 2.04 bits per heavy atom. The molecule has 4 rings (SSSR count). The molecule has 2 heterocycles. The lowest BCUT2D eigenvalue weighted by atomic mass is 10.0. The van der Waals surface area contributed by atoms with Crippen molar-refractivity contribution in [2.75, 3.05) is 6.54 Å². The van der Waals surface area contributed by atoms with Crippen molar-refractivity contribution < 1.29 is 9.18 Å². The number of hydrogen-bond acceptors (Lipinski definition) is 5. The molecule has 0 fully saturated rings. The molecule has 4 nitrogen and oxygen atoms in total. The van der Waals surface area contributed by atoms with E-state index in [0.29, 0.717) is 22.0 Å². The van der Waals surface area contributed by atoms with Crippen molar-refractivity contribution in [3.05, 3.63) is 56.7 Å². The highest BCUT2D eigenvalue weighted by atomic mass is 32.1. The number of aromatic nitrogens is 2. The third kappa shape index (κ3) is 3.68. The van der Waals surface area contributed by atoms with E-state index in [0.717, 1.165) is 24.3 Å². The van der Waals surface area contributed by atoms with Gasteiger partial charge in [-0.25, -0.2) is 14.4 Å². The maximum Gasteiger partial charge on any atom is 0.263 e. The molecule has 2 aromatic heterocycles. The molecule has 0 saturated carbocycles. The number of carbonyl (C=O) groups excluding carboxylic acids is 1.